The number of carboxylic acids is 1. The van der Waals surface area contributed by atoms with Crippen LogP contribution in [0.1, 0.15) is 15.2 Å². The van der Waals surface area contributed by atoms with Crippen LogP contribution in [0.2, 0.25) is 4.34 Å². The van der Waals surface area contributed by atoms with E-state index in [4.69, 9.17) is 16.7 Å². The molecule has 21 heavy (non-hydrogen) atoms. The van der Waals surface area contributed by atoms with Crippen LogP contribution in [-0.2, 0) is 6.54 Å². The first kappa shape index (κ1) is 15.8. The number of hydrogen-bond acceptors (Lipinski definition) is 3. The lowest BCUT2D eigenvalue weighted by atomic mass is 10.2. The Bertz CT molecular complexity index is 690. The Morgan fingerprint density at radius 1 is 1.29 bits per heavy atom. The fraction of sp³-hybridized carbons (Fsp3) is 0.0769. The third-order valence-corrected chi connectivity index (χ3v) is 4.24. The first-order chi connectivity index (χ1) is 9.95. The summed E-state index contributed by atoms with van der Waals surface area (Å²) in [6.45, 7) is 0.319. The van der Waals surface area contributed by atoms with E-state index in [1.807, 2.05) is 6.07 Å². The summed E-state index contributed by atoms with van der Waals surface area (Å²) in [6, 6.07) is 7.62. The van der Waals surface area contributed by atoms with Crippen molar-refractivity contribution in [2.45, 2.75) is 6.54 Å². The molecule has 0 aliphatic carbocycles. The van der Waals surface area contributed by atoms with Crippen LogP contribution < -0.4 is 10.6 Å². The molecule has 2 amide bonds. The smallest absolute Gasteiger partial charge is 0.337 e. The third kappa shape index (κ3) is 4.45. The Morgan fingerprint density at radius 2 is 2.05 bits per heavy atom. The van der Waals surface area contributed by atoms with Crippen molar-refractivity contribution < 1.29 is 14.7 Å². The Kier molecular flexibility index (Phi) is 5.22. The summed E-state index contributed by atoms with van der Waals surface area (Å²) >= 11 is 10.4. The van der Waals surface area contributed by atoms with Crippen LogP contribution in [0.4, 0.5) is 10.5 Å². The van der Waals surface area contributed by atoms with E-state index in [2.05, 4.69) is 26.6 Å². The quantitative estimate of drug-likeness (QED) is 0.734. The van der Waals surface area contributed by atoms with E-state index in [0.717, 1.165) is 4.88 Å². The second kappa shape index (κ2) is 6.93. The number of aromatic carboxylic acids is 1. The summed E-state index contributed by atoms with van der Waals surface area (Å²) in [5, 5.41) is 14.2. The van der Waals surface area contributed by atoms with Crippen molar-refractivity contribution >= 4 is 56.6 Å². The molecule has 0 atom stereocenters. The number of halogens is 2. The van der Waals surface area contributed by atoms with Crippen molar-refractivity contribution in [1.82, 2.24) is 5.32 Å². The lowest BCUT2D eigenvalue weighted by molar-refractivity contribution is 0.0698. The number of rotatable bonds is 4. The summed E-state index contributed by atoms with van der Waals surface area (Å²) in [6.07, 6.45) is 0. The molecule has 1 heterocycles. The molecule has 1 aromatic heterocycles. The lowest BCUT2D eigenvalue weighted by Gasteiger charge is -2.10. The highest BCUT2D eigenvalue weighted by atomic mass is 79.9. The Balaban J connectivity index is 2.02. The lowest BCUT2D eigenvalue weighted by Crippen LogP contribution is -2.28. The summed E-state index contributed by atoms with van der Waals surface area (Å²) < 4.78 is 1.32. The zero-order valence-corrected chi connectivity index (χ0v) is 13.7. The second-order valence-electron chi connectivity index (χ2n) is 4.01. The van der Waals surface area contributed by atoms with E-state index in [1.165, 1.54) is 23.5 Å². The fourth-order valence-electron chi connectivity index (χ4n) is 1.59. The molecule has 0 aliphatic rings. The van der Waals surface area contributed by atoms with Gasteiger partial charge in [-0.3, -0.25) is 0 Å². The van der Waals surface area contributed by atoms with Crippen LogP contribution in [0.25, 0.3) is 0 Å². The van der Waals surface area contributed by atoms with Crippen molar-refractivity contribution in [2.75, 3.05) is 5.32 Å². The maximum absolute atomic E-state index is 11.8. The summed E-state index contributed by atoms with van der Waals surface area (Å²) in [5.41, 5.74) is 0.242. The molecule has 0 fully saturated rings. The first-order valence-corrected chi connectivity index (χ1v) is 7.76. The van der Waals surface area contributed by atoms with Gasteiger partial charge in [-0.2, -0.15) is 0 Å². The maximum Gasteiger partial charge on any atom is 0.337 e. The number of carbonyl (C=O) groups is 2. The molecule has 0 radical (unpaired) electrons. The monoisotopic (exact) mass is 388 g/mol. The summed E-state index contributed by atoms with van der Waals surface area (Å²) in [4.78, 5) is 23.8. The van der Waals surface area contributed by atoms with Gasteiger partial charge in [0.25, 0.3) is 0 Å². The van der Waals surface area contributed by atoms with E-state index >= 15 is 0 Å². The van der Waals surface area contributed by atoms with Gasteiger partial charge in [0.2, 0.25) is 0 Å². The van der Waals surface area contributed by atoms with E-state index in [1.54, 1.807) is 12.1 Å². The van der Waals surface area contributed by atoms with E-state index in [9.17, 15) is 9.59 Å². The minimum Gasteiger partial charge on any atom is -0.478 e. The van der Waals surface area contributed by atoms with Gasteiger partial charge in [0, 0.05) is 9.35 Å². The topological polar surface area (TPSA) is 78.4 Å². The van der Waals surface area contributed by atoms with Crippen LogP contribution in [-0.4, -0.2) is 17.1 Å². The van der Waals surface area contributed by atoms with Crippen LogP contribution in [0.15, 0.2) is 34.8 Å². The fourth-order valence-corrected chi connectivity index (χ4v) is 2.98. The molecule has 0 spiro atoms. The maximum atomic E-state index is 11.8. The number of benzene rings is 1. The molecule has 0 saturated carbocycles. The summed E-state index contributed by atoms with van der Waals surface area (Å²) in [5.74, 6) is -1.11. The zero-order valence-electron chi connectivity index (χ0n) is 10.5. The highest BCUT2D eigenvalue weighted by Crippen LogP contribution is 2.22. The van der Waals surface area contributed by atoms with Crippen molar-refractivity contribution in [3.8, 4) is 0 Å². The van der Waals surface area contributed by atoms with Crippen molar-refractivity contribution in [1.29, 1.82) is 0 Å². The van der Waals surface area contributed by atoms with Gasteiger partial charge in [0.15, 0.2) is 0 Å². The Morgan fingerprint density at radius 3 is 2.67 bits per heavy atom. The number of hydrogen-bond donors (Lipinski definition) is 3. The van der Waals surface area contributed by atoms with E-state index in [0.29, 0.717) is 15.4 Å². The average Bonchev–Trinajstić information content (AvgIpc) is 2.82. The van der Waals surface area contributed by atoms with Gasteiger partial charge >= 0.3 is 12.0 Å². The van der Waals surface area contributed by atoms with Crippen LogP contribution in [0.3, 0.4) is 0 Å². The Labute approximate surface area is 138 Å². The van der Waals surface area contributed by atoms with Gasteiger partial charge < -0.3 is 15.7 Å². The number of carbonyl (C=O) groups excluding carboxylic acids is 1. The van der Waals surface area contributed by atoms with Gasteiger partial charge in [-0.15, -0.1) is 11.3 Å². The van der Waals surface area contributed by atoms with Crippen molar-refractivity contribution in [3.63, 3.8) is 0 Å². The summed E-state index contributed by atoms with van der Waals surface area (Å²) in [7, 11) is 0. The minimum absolute atomic E-state index is 0.0209. The van der Waals surface area contributed by atoms with Crippen LogP contribution in [0.5, 0.6) is 0 Å². The Hall–Kier alpha value is -1.57. The van der Waals surface area contributed by atoms with Gasteiger partial charge in [0.05, 0.1) is 22.1 Å². The molecular weight excluding hydrogens is 380 g/mol. The zero-order chi connectivity index (χ0) is 15.4. The molecule has 0 bridgehead atoms. The van der Waals surface area contributed by atoms with E-state index in [-0.39, 0.29) is 11.3 Å². The number of urea groups is 1. The molecule has 3 N–H and O–H groups in total. The SMILES string of the molecule is O=C(NCc1ccc(Cl)s1)Nc1cc(Br)ccc1C(=O)O. The predicted molar refractivity (Wildman–Crippen MR) is 86.3 cm³/mol. The highest BCUT2D eigenvalue weighted by molar-refractivity contribution is 9.10. The molecule has 0 saturated heterocycles. The average molecular weight is 390 g/mol. The number of thiophene rings is 1. The number of amides is 2. The van der Waals surface area contributed by atoms with Crippen LogP contribution in [0, 0.1) is 0 Å². The van der Waals surface area contributed by atoms with Gasteiger partial charge in [-0.1, -0.05) is 27.5 Å². The van der Waals surface area contributed by atoms with Gasteiger partial charge in [-0.25, -0.2) is 9.59 Å². The molecule has 5 nitrogen and oxygen atoms in total. The largest absolute Gasteiger partial charge is 0.478 e. The second-order valence-corrected chi connectivity index (χ2v) is 6.72. The molecule has 0 aliphatic heterocycles. The van der Waals surface area contributed by atoms with Gasteiger partial charge in [-0.05, 0) is 30.3 Å². The molecule has 2 aromatic rings. The van der Waals surface area contributed by atoms with Crippen molar-refractivity contribution in [2.24, 2.45) is 0 Å². The number of nitrogens with one attached hydrogen (secondary N) is 2. The normalized spacial score (nSPS) is 10.2. The molecule has 8 heteroatoms. The first-order valence-electron chi connectivity index (χ1n) is 5.77. The van der Waals surface area contributed by atoms with Crippen LogP contribution >= 0.6 is 38.9 Å². The van der Waals surface area contributed by atoms with Gasteiger partial charge in [0.1, 0.15) is 0 Å². The molecule has 1 aromatic carbocycles. The minimum atomic E-state index is -1.11. The standard InChI is InChI=1S/C13H10BrClN2O3S/c14-7-1-3-9(12(18)19)10(5-7)17-13(20)16-6-8-2-4-11(15)21-8/h1-5H,6H2,(H,18,19)(H2,16,17,20). The molecular formula is C13H10BrClN2O3S. The molecule has 0 unspecified atom stereocenters. The number of anilines is 1. The van der Waals surface area contributed by atoms with E-state index < -0.39 is 12.0 Å². The predicted octanol–water partition coefficient (Wildman–Crippen LogP) is 4.18. The molecule has 2 rings (SSSR count). The third-order valence-electron chi connectivity index (χ3n) is 2.51. The number of carboxylic acid groups (broad SMARTS) is 1. The highest BCUT2D eigenvalue weighted by Gasteiger charge is 2.13. The van der Waals surface area contributed by atoms with Crippen molar-refractivity contribution in [3.05, 3.63) is 49.6 Å². The molecule has 110 valence electrons.